The number of benzene rings is 2. The summed E-state index contributed by atoms with van der Waals surface area (Å²) in [4.78, 5) is 14.7. The molecule has 2 aliphatic heterocycles. The maximum atomic E-state index is 12.8. The van der Waals surface area contributed by atoms with E-state index in [0.29, 0.717) is 29.6 Å². The Hall–Kier alpha value is -2.69. The summed E-state index contributed by atoms with van der Waals surface area (Å²) >= 11 is 0. The maximum Gasteiger partial charge on any atom is 0.254 e. The monoisotopic (exact) mass is 339 g/mol. The molecule has 1 unspecified atom stereocenters. The lowest BCUT2D eigenvalue weighted by molar-refractivity contribution is 0.0633. The first-order valence-electron chi connectivity index (χ1n) is 8.66. The van der Waals surface area contributed by atoms with E-state index < -0.39 is 0 Å². The van der Waals surface area contributed by atoms with Gasteiger partial charge in [0.15, 0.2) is 11.5 Å². The largest absolute Gasteiger partial charge is 0.493 e. The van der Waals surface area contributed by atoms with Gasteiger partial charge in [-0.25, -0.2) is 0 Å². The molecule has 1 atom stereocenters. The van der Waals surface area contributed by atoms with Crippen molar-refractivity contribution < 1.29 is 19.0 Å². The van der Waals surface area contributed by atoms with Gasteiger partial charge in [-0.3, -0.25) is 4.79 Å². The van der Waals surface area contributed by atoms with Crippen molar-refractivity contribution in [2.24, 2.45) is 5.92 Å². The van der Waals surface area contributed by atoms with Gasteiger partial charge in [0.25, 0.3) is 5.91 Å². The fraction of sp³-hybridized carbons (Fsp3) is 0.350. The van der Waals surface area contributed by atoms with Crippen LogP contribution in [0.15, 0.2) is 48.5 Å². The lowest BCUT2D eigenvalue weighted by atomic mass is 9.98. The number of fused-ring (bicyclic) bond motifs is 1. The summed E-state index contributed by atoms with van der Waals surface area (Å²) < 4.78 is 16.5. The van der Waals surface area contributed by atoms with Gasteiger partial charge in [-0.15, -0.1) is 0 Å². The Balaban J connectivity index is 1.38. The van der Waals surface area contributed by atoms with Crippen molar-refractivity contribution in [3.63, 3.8) is 0 Å². The van der Waals surface area contributed by atoms with E-state index >= 15 is 0 Å². The van der Waals surface area contributed by atoms with Crippen LogP contribution in [0.2, 0.25) is 0 Å². The van der Waals surface area contributed by atoms with Gasteiger partial charge < -0.3 is 19.1 Å². The number of carbonyl (C=O) groups is 1. The zero-order valence-electron chi connectivity index (χ0n) is 14.0. The molecule has 2 heterocycles. The molecule has 5 heteroatoms. The third-order valence-corrected chi connectivity index (χ3v) is 4.65. The highest BCUT2D eigenvalue weighted by atomic mass is 16.7. The van der Waals surface area contributed by atoms with Crippen LogP contribution in [0.5, 0.6) is 17.2 Å². The van der Waals surface area contributed by atoms with Gasteiger partial charge in [0.2, 0.25) is 6.79 Å². The molecule has 25 heavy (non-hydrogen) atoms. The molecule has 130 valence electrons. The van der Waals surface area contributed by atoms with Crippen molar-refractivity contribution in [2.75, 3.05) is 26.5 Å². The second kappa shape index (κ2) is 7.05. The van der Waals surface area contributed by atoms with E-state index in [0.717, 1.165) is 31.7 Å². The van der Waals surface area contributed by atoms with Crippen LogP contribution in [0.25, 0.3) is 0 Å². The average molecular weight is 339 g/mol. The number of carbonyl (C=O) groups excluding carboxylic acids is 1. The molecule has 4 rings (SSSR count). The number of hydrogen-bond donors (Lipinski definition) is 0. The lowest BCUT2D eigenvalue weighted by Crippen LogP contribution is -2.41. The molecule has 1 amide bonds. The van der Waals surface area contributed by atoms with Crippen LogP contribution < -0.4 is 14.2 Å². The third kappa shape index (κ3) is 3.55. The molecule has 0 bridgehead atoms. The minimum atomic E-state index is 0.0442. The van der Waals surface area contributed by atoms with Crippen LogP contribution in [0.3, 0.4) is 0 Å². The smallest absolute Gasteiger partial charge is 0.254 e. The summed E-state index contributed by atoms with van der Waals surface area (Å²) in [5.41, 5.74) is 0.647. The van der Waals surface area contributed by atoms with E-state index in [-0.39, 0.29) is 12.7 Å². The molecule has 0 aliphatic carbocycles. The van der Waals surface area contributed by atoms with Crippen LogP contribution in [0.1, 0.15) is 23.2 Å². The average Bonchev–Trinajstić information content (AvgIpc) is 3.14. The quantitative estimate of drug-likeness (QED) is 0.857. The lowest BCUT2D eigenvalue weighted by Gasteiger charge is -2.32. The molecular formula is C20H21NO4. The normalized spacial score (nSPS) is 18.9. The summed E-state index contributed by atoms with van der Waals surface area (Å²) in [6.45, 7) is 2.36. The third-order valence-electron chi connectivity index (χ3n) is 4.65. The minimum Gasteiger partial charge on any atom is -0.493 e. The molecule has 2 aliphatic rings. The molecule has 0 aromatic heterocycles. The number of para-hydroxylation sites is 1. The maximum absolute atomic E-state index is 12.8. The molecule has 1 fully saturated rings. The van der Waals surface area contributed by atoms with E-state index in [1.807, 2.05) is 35.2 Å². The van der Waals surface area contributed by atoms with Crippen LogP contribution >= 0.6 is 0 Å². The topological polar surface area (TPSA) is 48.0 Å². The number of rotatable bonds is 4. The molecule has 0 spiro atoms. The molecule has 0 N–H and O–H groups in total. The van der Waals surface area contributed by atoms with Gasteiger partial charge in [0.05, 0.1) is 6.61 Å². The summed E-state index contributed by atoms with van der Waals surface area (Å²) in [5, 5.41) is 0. The predicted molar refractivity (Wildman–Crippen MR) is 93.1 cm³/mol. The predicted octanol–water partition coefficient (Wildman–Crippen LogP) is 3.35. The van der Waals surface area contributed by atoms with E-state index in [1.54, 1.807) is 18.2 Å². The molecule has 5 nitrogen and oxygen atoms in total. The molecule has 2 aromatic rings. The standard InChI is InChI=1S/C20H21NO4/c22-20(16-8-9-18-19(11-16)25-14-24-18)21-10-4-5-15(12-21)13-23-17-6-2-1-3-7-17/h1-3,6-9,11,15H,4-5,10,12-14H2. The summed E-state index contributed by atoms with van der Waals surface area (Å²) in [7, 11) is 0. The fourth-order valence-electron chi connectivity index (χ4n) is 3.33. The van der Waals surface area contributed by atoms with E-state index in [1.165, 1.54) is 0 Å². The van der Waals surface area contributed by atoms with Gasteiger partial charge >= 0.3 is 0 Å². The van der Waals surface area contributed by atoms with Crippen LogP contribution in [-0.2, 0) is 0 Å². The van der Waals surface area contributed by atoms with Gasteiger partial charge in [0.1, 0.15) is 5.75 Å². The second-order valence-corrected chi connectivity index (χ2v) is 6.45. The van der Waals surface area contributed by atoms with Crippen molar-refractivity contribution in [1.29, 1.82) is 0 Å². The fourth-order valence-corrected chi connectivity index (χ4v) is 3.33. The molecule has 1 saturated heterocycles. The molecule has 0 radical (unpaired) electrons. The van der Waals surface area contributed by atoms with Gasteiger partial charge in [-0.05, 0) is 43.2 Å². The Morgan fingerprint density at radius 1 is 1.12 bits per heavy atom. The Labute approximate surface area is 147 Å². The van der Waals surface area contributed by atoms with Gasteiger partial charge in [-0.2, -0.15) is 0 Å². The van der Waals surface area contributed by atoms with Crippen molar-refractivity contribution in [3.05, 3.63) is 54.1 Å². The number of likely N-dealkylation sites (tertiary alicyclic amines) is 1. The second-order valence-electron chi connectivity index (χ2n) is 6.45. The Morgan fingerprint density at radius 2 is 1.96 bits per heavy atom. The van der Waals surface area contributed by atoms with Crippen LogP contribution in [-0.4, -0.2) is 37.3 Å². The highest BCUT2D eigenvalue weighted by Gasteiger charge is 2.26. The van der Waals surface area contributed by atoms with E-state index in [9.17, 15) is 4.79 Å². The Bertz CT molecular complexity index is 747. The summed E-state index contributed by atoms with van der Waals surface area (Å²) in [6.07, 6.45) is 2.08. The van der Waals surface area contributed by atoms with Crippen LogP contribution in [0.4, 0.5) is 0 Å². The number of hydrogen-bond acceptors (Lipinski definition) is 4. The first kappa shape index (κ1) is 15.8. The molecule has 2 aromatic carbocycles. The van der Waals surface area contributed by atoms with Gasteiger partial charge in [0, 0.05) is 24.6 Å². The van der Waals surface area contributed by atoms with Crippen molar-refractivity contribution in [1.82, 2.24) is 4.90 Å². The number of ether oxygens (including phenoxy) is 3. The zero-order chi connectivity index (χ0) is 17.1. The zero-order valence-corrected chi connectivity index (χ0v) is 14.0. The molecular weight excluding hydrogens is 318 g/mol. The van der Waals surface area contributed by atoms with Crippen molar-refractivity contribution in [3.8, 4) is 17.2 Å². The Kier molecular flexibility index (Phi) is 4.46. The number of nitrogens with zero attached hydrogens (tertiary/aromatic N) is 1. The Morgan fingerprint density at radius 3 is 2.84 bits per heavy atom. The molecule has 0 saturated carbocycles. The first-order valence-corrected chi connectivity index (χ1v) is 8.66. The van der Waals surface area contributed by atoms with Crippen LogP contribution in [0, 0.1) is 5.92 Å². The summed E-state index contributed by atoms with van der Waals surface area (Å²) in [5.74, 6) is 2.62. The number of piperidine rings is 1. The first-order chi connectivity index (χ1) is 12.3. The highest BCUT2D eigenvalue weighted by Crippen LogP contribution is 2.33. The minimum absolute atomic E-state index is 0.0442. The summed E-state index contributed by atoms with van der Waals surface area (Å²) in [6, 6.07) is 15.2. The number of amides is 1. The van der Waals surface area contributed by atoms with E-state index in [2.05, 4.69) is 0 Å². The van der Waals surface area contributed by atoms with Crippen molar-refractivity contribution >= 4 is 5.91 Å². The highest BCUT2D eigenvalue weighted by molar-refractivity contribution is 5.95. The SMILES string of the molecule is O=C(c1ccc2c(c1)OCO2)N1CCCC(COc2ccccc2)C1. The van der Waals surface area contributed by atoms with E-state index in [4.69, 9.17) is 14.2 Å². The van der Waals surface area contributed by atoms with Crippen molar-refractivity contribution in [2.45, 2.75) is 12.8 Å². The van der Waals surface area contributed by atoms with Gasteiger partial charge in [-0.1, -0.05) is 18.2 Å².